The van der Waals surface area contributed by atoms with Gasteiger partial charge in [-0.1, -0.05) is 35.9 Å². The zero-order valence-electron chi connectivity index (χ0n) is 17.1. The Hall–Kier alpha value is -2.90. The summed E-state index contributed by atoms with van der Waals surface area (Å²) in [7, 11) is -0.917. The van der Waals surface area contributed by atoms with E-state index >= 15 is 0 Å². The molecule has 3 rings (SSSR count). The number of carbonyl (C=O) groups excluding carboxylic acids is 1. The van der Waals surface area contributed by atoms with Gasteiger partial charge in [-0.25, -0.2) is 17.5 Å². The molecule has 6 nitrogen and oxygen atoms in total. The predicted octanol–water partition coefficient (Wildman–Crippen LogP) is 3.84. The van der Waals surface area contributed by atoms with Gasteiger partial charge in [0.1, 0.15) is 0 Å². The van der Waals surface area contributed by atoms with Crippen LogP contribution in [-0.2, 0) is 19.7 Å². The number of rotatable bonds is 5. The van der Waals surface area contributed by atoms with Crippen molar-refractivity contribution in [2.75, 3.05) is 14.2 Å². The standard InChI is InChI=1S/C22H24N2O4S/c1-15-12-16(2)22(17(3)13-15)29(26,27)24-14-18(10-11-21(25)23(4)28-5)19-8-6-7-9-20(19)24/h6-14H,1-5H3. The molecule has 0 bridgehead atoms. The summed E-state index contributed by atoms with van der Waals surface area (Å²) < 4.78 is 28.4. The first-order chi connectivity index (χ1) is 13.7. The Labute approximate surface area is 171 Å². The van der Waals surface area contributed by atoms with E-state index < -0.39 is 10.0 Å². The number of carbonyl (C=O) groups is 1. The predicted molar refractivity (Wildman–Crippen MR) is 114 cm³/mol. The van der Waals surface area contributed by atoms with Crippen LogP contribution in [0.25, 0.3) is 17.0 Å². The van der Waals surface area contributed by atoms with Crippen LogP contribution in [0.1, 0.15) is 22.3 Å². The lowest BCUT2D eigenvalue weighted by Crippen LogP contribution is -2.22. The van der Waals surface area contributed by atoms with Crippen LogP contribution in [-0.4, -0.2) is 37.5 Å². The highest BCUT2D eigenvalue weighted by Crippen LogP contribution is 2.30. The maximum atomic E-state index is 13.6. The van der Waals surface area contributed by atoms with E-state index in [1.165, 1.54) is 24.2 Å². The summed E-state index contributed by atoms with van der Waals surface area (Å²) in [6, 6.07) is 11.0. The number of aromatic nitrogens is 1. The molecule has 0 aliphatic heterocycles. The molecule has 0 fully saturated rings. The third kappa shape index (κ3) is 3.83. The van der Waals surface area contributed by atoms with E-state index in [0.29, 0.717) is 27.1 Å². The molecule has 3 aromatic rings. The van der Waals surface area contributed by atoms with Crippen molar-refractivity contribution in [1.82, 2.24) is 9.04 Å². The van der Waals surface area contributed by atoms with Gasteiger partial charge in [0, 0.05) is 30.3 Å². The molecule has 2 aromatic carbocycles. The first-order valence-corrected chi connectivity index (χ1v) is 10.5. The summed E-state index contributed by atoms with van der Waals surface area (Å²) in [5, 5.41) is 1.83. The van der Waals surface area contributed by atoms with Gasteiger partial charge in [0.15, 0.2) is 0 Å². The molecule has 0 saturated carbocycles. The van der Waals surface area contributed by atoms with Crippen molar-refractivity contribution in [3.63, 3.8) is 0 Å². The lowest BCUT2D eigenvalue weighted by molar-refractivity contribution is -0.162. The molecular weight excluding hydrogens is 388 g/mol. The summed E-state index contributed by atoms with van der Waals surface area (Å²) in [4.78, 5) is 17.2. The van der Waals surface area contributed by atoms with Gasteiger partial charge in [-0.3, -0.25) is 9.63 Å². The monoisotopic (exact) mass is 412 g/mol. The van der Waals surface area contributed by atoms with Crippen LogP contribution in [0.2, 0.25) is 0 Å². The van der Waals surface area contributed by atoms with Gasteiger partial charge < -0.3 is 0 Å². The molecule has 1 amide bonds. The van der Waals surface area contributed by atoms with Crippen molar-refractivity contribution in [2.24, 2.45) is 0 Å². The van der Waals surface area contributed by atoms with Crippen molar-refractivity contribution in [2.45, 2.75) is 25.7 Å². The second-order valence-corrected chi connectivity index (χ2v) is 8.73. The molecule has 1 heterocycles. The van der Waals surface area contributed by atoms with E-state index in [9.17, 15) is 13.2 Å². The Morgan fingerprint density at radius 1 is 1.10 bits per heavy atom. The quantitative estimate of drug-likeness (QED) is 0.472. The zero-order chi connectivity index (χ0) is 21.3. The number of hydrogen-bond donors (Lipinski definition) is 0. The highest BCUT2D eigenvalue weighted by Gasteiger charge is 2.24. The molecule has 0 aliphatic rings. The summed E-state index contributed by atoms with van der Waals surface area (Å²) in [5.41, 5.74) is 3.60. The highest BCUT2D eigenvalue weighted by atomic mass is 32.2. The minimum absolute atomic E-state index is 0.301. The van der Waals surface area contributed by atoms with Gasteiger partial charge in [-0.15, -0.1) is 0 Å². The van der Waals surface area contributed by atoms with Gasteiger partial charge in [0.05, 0.1) is 17.5 Å². The van der Waals surface area contributed by atoms with Crippen LogP contribution in [0.5, 0.6) is 0 Å². The van der Waals surface area contributed by atoms with Crippen molar-refractivity contribution in [3.8, 4) is 0 Å². The van der Waals surface area contributed by atoms with E-state index in [4.69, 9.17) is 4.84 Å². The number of aryl methyl sites for hydroxylation is 3. The fourth-order valence-electron chi connectivity index (χ4n) is 3.54. The van der Waals surface area contributed by atoms with Gasteiger partial charge in [0.2, 0.25) is 0 Å². The fourth-order valence-corrected chi connectivity index (χ4v) is 5.33. The average molecular weight is 413 g/mol. The second-order valence-electron chi connectivity index (χ2n) is 6.98. The van der Waals surface area contributed by atoms with Crippen LogP contribution in [0.4, 0.5) is 0 Å². The van der Waals surface area contributed by atoms with Crippen LogP contribution in [0, 0.1) is 20.8 Å². The van der Waals surface area contributed by atoms with Gasteiger partial charge in [-0.2, -0.15) is 0 Å². The minimum atomic E-state index is -3.82. The average Bonchev–Trinajstić information content (AvgIpc) is 3.04. The lowest BCUT2D eigenvalue weighted by Gasteiger charge is -2.14. The number of amides is 1. The number of nitrogens with zero attached hydrogens (tertiary/aromatic N) is 2. The third-order valence-corrected chi connectivity index (χ3v) is 6.80. The van der Waals surface area contributed by atoms with Crippen molar-refractivity contribution < 1.29 is 18.0 Å². The number of likely N-dealkylation sites (N-methyl/N-ethyl adjacent to an activating group) is 1. The molecule has 1 aromatic heterocycles. The SMILES string of the molecule is CON(C)C(=O)C=Cc1cn(S(=O)(=O)c2c(C)cc(C)cc2C)c2ccccc12. The summed E-state index contributed by atoms with van der Waals surface area (Å²) in [5.74, 6) is -0.350. The maximum absolute atomic E-state index is 13.6. The van der Waals surface area contributed by atoms with Crippen LogP contribution in [0.15, 0.2) is 53.6 Å². The van der Waals surface area contributed by atoms with E-state index in [2.05, 4.69) is 0 Å². The molecule has 29 heavy (non-hydrogen) atoms. The topological polar surface area (TPSA) is 68.6 Å². The number of fused-ring (bicyclic) bond motifs is 1. The van der Waals surface area contributed by atoms with Gasteiger partial charge in [0.25, 0.3) is 15.9 Å². The molecule has 0 N–H and O–H groups in total. The molecule has 0 unspecified atom stereocenters. The maximum Gasteiger partial charge on any atom is 0.269 e. The molecule has 0 saturated heterocycles. The van der Waals surface area contributed by atoms with Crippen molar-refractivity contribution in [1.29, 1.82) is 0 Å². The normalized spacial score (nSPS) is 12.0. The van der Waals surface area contributed by atoms with Crippen LogP contribution in [0.3, 0.4) is 0 Å². The van der Waals surface area contributed by atoms with E-state index in [-0.39, 0.29) is 5.91 Å². The number of para-hydroxylation sites is 1. The molecule has 0 radical (unpaired) electrons. The summed E-state index contributed by atoms with van der Waals surface area (Å²) in [6.07, 6.45) is 4.50. The Bertz CT molecular complexity index is 1200. The zero-order valence-corrected chi connectivity index (χ0v) is 17.9. The Balaban J connectivity index is 2.19. The van der Waals surface area contributed by atoms with E-state index in [1.807, 2.05) is 31.2 Å². The molecule has 0 aliphatic carbocycles. The smallest absolute Gasteiger partial charge is 0.269 e. The van der Waals surface area contributed by atoms with Crippen molar-refractivity contribution in [3.05, 3.63) is 70.9 Å². The van der Waals surface area contributed by atoms with Crippen LogP contribution < -0.4 is 0 Å². The number of hydroxylamine groups is 2. The van der Waals surface area contributed by atoms with Gasteiger partial charge >= 0.3 is 0 Å². The molecule has 0 atom stereocenters. The first-order valence-electron chi connectivity index (χ1n) is 9.10. The Morgan fingerprint density at radius 2 is 1.72 bits per heavy atom. The van der Waals surface area contributed by atoms with Crippen LogP contribution >= 0.6 is 0 Å². The second kappa shape index (κ2) is 7.85. The molecule has 7 heteroatoms. The Kier molecular flexibility index (Phi) is 5.64. The number of hydrogen-bond acceptors (Lipinski definition) is 4. The largest absolute Gasteiger partial charge is 0.274 e. The van der Waals surface area contributed by atoms with Crippen molar-refractivity contribution >= 4 is 32.9 Å². The Morgan fingerprint density at radius 3 is 2.34 bits per heavy atom. The first kappa shape index (κ1) is 20.8. The summed E-state index contributed by atoms with van der Waals surface area (Å²) in [6.45, 7) is 5.55. The van der Waals surface area contributed by atoms with E-state index in [1.54, 1.807) is 38.3 Å². The molecule has 152 valence electrons. The summed E-state index contributed by atoms with van der Waals surface area (Å²) >= 11 is 0. The lowest BCUT2D eigenvalue weighted by atomic mass is 10.1. The van der Waals surface area contributed by atoms with E-state index in [0.717, 1.165) is 16.0 Å². The molecular formula is C22H24N2O4S. The third-order valence-electron chi connectivity index (χ3n) is 4.82. The molecule has 0 spiro atoms. The van der Waals surface area contributed by atoms with Gasteiger partial charge in [-0.05, 0) is 44.0 Å². The number of benzene rings is 2. The fraction of sp³-hybridized carbons (Fsp3) is 0.227. The minimum Gasteiger partial charge on any atom is -0.274 e. The highest BCUT2D eigenvalue weighted by molar-refractivity contribution is 7.90.